The monoisotopic (exact) mass is 366 g/mol. The van der Waals surface area contributed by atoms with Gasteiger partial charge in [-0.2, -0.15) is 0 Å². The summed E-state index contributed by atoms with van der Waals surface area (Å²) in [5, 5.41) is 6.43. The molecule has 1 amide bonds. The van der Waals surface area contributed by atoms with Crippen molar-refractivity contribution in [2.75, 3.05) is 6.61 Å². The second-order valence-electron chi connectivity index (χ2n) is 7.28. The lowest BCUT2D eigenvalue weighted by atomic mass is 10.1. The van der Waals surface area contributed by atoms with Gasteiger partial charge in [-0.25, -0.2) is 0 Å². The normalized spacial score (nSPS) is 23.9. The van der Waals surface area contributed by atoms with Crippen molar-refractivity contribution in [3.05, 3.63) is 71.3 Å². The predicted molar refractivity (Wildman–Crippen MR) is 103 cm³/mol. The molecule has 3 atom stereocenters. The molecule has 2 aliphatic rings. The van der Waals surface area contributed by atoms with E-state index in [9.17, 15) is 4.79 Å². The molecular weight excluding hydrogens is 340 g/mol. The Bertz CT molecular complexity index is 753. The first kappa shape index (κ1) is 18.2. The van der Waals surface area contributed by atoms with Crippen molar-refractivity contribution >= 4 is 5.91 Å². The minimum atomic E-state index is -0.141. The van der Waals surface area contributed by atoms with Crippen LogP contribution in [0.4, 0.5) is 0 Å². The summed E-state index contributed by atoms with van der Waals surface area (Å²) in [5.41, 5.74) is 3.36. The minimum absolute atomic E-state index is 0.0544. The molecule has 2 saturated heterocycles. The van der Waals surface area contributed by atoms with Crippen molar-refractivity contribution in [1.82, 2.24) is 10.6 Å². The molecule has 2 heterocycles. The summed E-state index contributed by atoms with van der Waals surface area (Å²) in [7, 11) is 0. The summed E-state index contributed by atoms with van der Waals surface area (Å²) in [6, 6.07) is 18.5. The fraction of sp³-hybridized carbons (Fsp3) is 0.409. The van der Waals surface area contributed by atoms with E-state index in [0.29, 0.717) is 25.8 Å². The first-order valence-corrected chi connectivity index (χ1v) is 9.63. The van der Waals surface area contributed by atoms with Crippen molar-refractivity contribution in [1.29, 1.82) is 0 Å². The van der Waals surface area contributed by atoms with Crippen molar-refractivity contribution < 1.29 is 14.3 Å². The van der Waals surface area contributed by atoms with Gasteiger partial charge in [-0.15, -0.1) is 0 Å². The Morgan fingerprint density at radius 3 is 2.70 bits per heavy atom. The molecule has 0 saturated carbocycles. The van der Waals surface area contributed by atoms with E-state index in [-0.39, 0.29) is 18.1 Å². The number of fused-ring (bicyclic) bond motifs is 1. The smallest absolute Gasteiger partial charge is 0.237 e. The lowest BCUT2D eigenvalue weighted by molar-refractivity contribution is -0.123. The van der Waals surface area contributed by atoms with Gasteiger partial charge in [-0.05, 0) is 29.5 Å². The largest absolute Gasteiger partial charge is 0.376 e. The summed E-state index contributed by atoms with van der Waals surface area (Å²) < 4.78 is 11.4. The van der Waals surface area contributed by atoms with Crippen LogP contribution in [0.2, 0.25) is 0 Å². The molecule has 2 fully saturated rings. The highest BCUT2D eigenvalue weighted by Crippen LogP contribution is 2.25. The standard InChI is InChI=1S/C22H26N2O3/c25-22(20-12-21-19(24-20)9-10-27-21)23-13-17-7-4-8-18(11-17)15-26-14-16-5-2-1-3-6-16/h1-8,11,19-21,24H,9-10,12-15H2,(H,23,25)/t19-,20-,21-/m0/s1. The molecule has 2 aromatic carbocycles. The number of benzene rings is 2. The summed E-state index contributed by atoms with van der Waals surface area (Å²) in [4.78, 5) is 12.4. The quantitative estimate of drug-likeness (QED) is 0.791. The molecule has 2 aliphatic heterocycles. The first-order valence-electron chi connectivity index (χ1n) is 9.63. The second-order valence-corrected chi connectivity index (χ2v) is 7.28. The van der Waals surface area contributed by atoms with E-state index in [0.717, 1.165) is 30.6 Å². The van der Waals surface area contributed by atoms with Crippen LogP contribution in [0.5, 0.6) is 0 Å². The van der Waals surface area contributed by atoms with Gasteiger partial charge < -0.3 is 20.1 Å². The second kappa shape index (κ2) is 8.65. The molecule has 5 nitrogen and oxygen atoms in total. The maximum atomic E-state index is 12.4. The fourth-order valence-electron chi connectivity index (χ4n) is 3.82. The molecule has 0 aliphatic carbocycles. The van der Waals surface area contributed by atoms with E-state index >= 15 is 0 Å². The highest BCUT2D eigenvalue weighted by Gasteiger charge is 2.40. The minimum Gasteiger partial charge on any atom is -0.376 e. The highest BCUT2D eigenvalue weighted by atomic mass is 16.5. The van der Waals surface area contributed by atoms with E-state index in [1.807, 2.05) is 36.4 Å². The summed E-state index contributed by atoms with van der Waals surface area (Å²) in [6.45, 7) is 2.48. The Morgan fingerprint density at radius 1 is 1.07 bits per heavy atom. The van der Waals surface area contributed by atoms with Crippen LogP contribution in [0.1, 0.15) is 29.5 Å². The van der Waals surface area contributed by atoms with Crippen LogP contribution in [-0.4, -0.2) is 30.7 Å². The molecular formula is C22H26N2O3. The zero-order valence-electron chi connectivity index (χ0n) is 15.4. The average Bonchev–Trinajstić information content (AvgIpc) is 3.30. The Kier molecular flexibility index (Phi) is 5.82. The van der Waals surface area contributed by atoms with E-state index in [2.05, 4.69) is 28.8 Å². The summed E-state index contributed by atoms with van der Waals surface area (Å²) in [6.07, 6.45) is 1.97. The number of rotatable bonds is 7. The Balaban J connectivity index is 1.23. The van der Waals surface area contributed by atoms with Crippen LogP contribution < -0.4 is 10.6 Å². The van der Waals surface area contributed by atoms with Gasteiger partial charge in [0.25, 0.3) is 0 Å². The number of hydrogen-bond donors (Lipinski definition) is 2. The average molecular weight is 366 g/mol. The fourth-order valence-corrected chi connectivity index (χ4v) is 3.82. The molecule has 0 bridgehead atoms. The van der Waals surface area contributed by atoms with Crippen molar-refractivity contribution in [3.8, 4) is 0 Å². The number of nitrogens with one attached hydrogen (secondary N) is 2. The van der Waals surface area contributed by atoms with Gasteiger partial charge in [0.05, 0.1) is 25.4 Å². The van der Waals surface area contributed by atoms with Gasteiger partial charge in [-0.3, -0.25) is 4.79 Å². The maximum absolute atomic E-state index is 12.4. The molecule has 27 heavy (non-hydrogen) atoms. The number of hydrogen-bond acceptors (Lipinski definition) is 4. The van der Waals surface area contributed by atoms with Crippen LogP contribution in [0.15, 0.2) is 54.6 Å². The lowest BCUT2D eigenvalue weighted by Crippen LogP contribution is -2.42. The molecule has 2 N–H and O–H groups in total. The number of ether oxygens (including phenoxy) is 2. The van der Waals surface area contributed by atoms with E-state index < -0.39 is 0 Å². The van der Waals surface area contributed by atoms with Crippen LogP contribution in [0, 0.1) is 0 Å². The first-order chi connectivity index (χ1) is 13.3. The van der Waals surface area contributed by atoms with Crippen LogP contribution in [0.25, 0.3) is 0 Å². The Morgan fingerprint density at radius 2 is 1.85 bits per heavy atom. The van der Waals surface area contributed by atoms with Crippen molar-refractivity contribution in [2.45, 2.75) is 50.8 Å². The van der Waals surface area contributed by atoms with Gasteiger partial charge in [-0.1, -0.05) is 54.6 Å². The van der Waals surface area contributed by atoms with Crippen molar-refractivity contribution in [2.24, 2.45) is 0 Å². The SMILES string of the molecule is O=C(NCc1cccc(COCc2ccccc2)c1)[C@@H]1C[C@@H]2OCC[C@@H]2N1. The third kappa shape index (κ3) is 4.75. The molecule has 0 radical (unpaired) electrons. The third-order valence-electron chi connectivity index (χ3n) is 5.25. The zero-order chi connectivity index (χ0) is 18.5. The number of carbonyl (C=O) groups is 1. The van der Waals surface area contributed by atoms with Gasteiger partial charge in [0.1, 0.15) is 0 Å². The topological polar surface area (TPSA) is 59.6 Å². The van der Waals surface area contributed by atoms with Crippen LogP contribution in [0.3, 0.4) is 0 Å². The maximum Gasteiger partial charge on any atom is 0.237 e. The molecule has 142 valence electrons. The van der Waals surface area contributed by atoms with Gasteiger partial charge in [0.2, 0.25) is 5.91 Å². The van der Waals surface area contributed by atoms with E-state index in [4.69, 9.17) is 9.47 Å². The van der Waals surface area contributed by atoms with Gasteiger partial charge in [0, 0.05) is 19.2 Å². The molecule has 0 spiro atoms. The zero-order valence-corrected chi connectivity index (χ0v) is 15.4. The van der Waals surface area contributed by atoms with E-state index in [1.54, 1.807) is 0 Å². The molecule has 2 aromatic rings. The third-order valence-corrected chi connectivity index (χ3v) is 5.25. The Hall–Kier alpha value is -2.21. The highest BCUT2D eigenvalue weighted by molar-refractivity contribution is 5.82. The van der Waals surface area contributed by atoms with Crippen LogP contribution in [-0.2, 0) is 34.0 Å². The predicted octanol–water partition coefficient (Wildman–Crippen LogP) is 2.54. The van der Waals surface area contributed by atoms with Gasteiger partial charge >= 0.3 is 0 Å². The van der Waals surface area contributed by atoms with Gasteiger partial charge in [0.15, 0.2) is 0 Å². The summed E-state index contributed by atoms with van der Waals surface area (Å²) >= 11 is 0. The molecule has 0 unspecified atom stereocenters. The summed E-state index contributed by atoms with van der Waals surface area (Å²) in [5.74, 6) is 0.0544. The number of carbonyl (C=O) groups excluding carboxylic acids is 1. The van der Waals surface area contributed by atoms with E-state index in [1.165, 1.54) is 5.56 Å². The Labute approximate surface area is 160 Å². The molecule has 5 heteroatoms. The molecule has 0 aromatic heterocycles. The van der Waals surface area contributed by atoms with Crippen LogP contribution >= 0.6 is 0 Å². The van der Waals surface area contributed by atoms with Crippen molar-refractivity contribution in [3.63, 3.8) is 0 Å². The lowest BCUT2D eigenvalue weighted by Gasteiger charge is -2.13. The number of amides is 1. The molecule has 4 rings (SSSR count).